The maximum Gasteiger partial charge on any atom is 0.251 e. The smallest absolute Gasteiger partial charge is 0.251 e. The summed E-state index contributed by atoms with van der Waals surface area (Å²) in [7, 11) is 0. The first-order valence-electron chi connectivity index (χ1n) is 9.90. The van der Waals surface area contributed by atoms with E-state index < -0.39 is 0 Å². The molecule has 0 atom stereocenters. The van der Waals surface area contributed by atoms with E-state index in [0.717, 1.165) is 25.1 Å². The van der Waals surface area contributed by atoms with E-state index in [1.807, 2.05) is 24.3 Å². The second kappa shape index (κ2) is 9.86. The van der Waals surface area contributed by atoms with Crippen LogP contribution in [-0.2, 0) is 13.1 Å². The number of amides is 1. The van der Waals surface area contributed by atoms with Gasteiger partial charge in [0.2, 0.25) is 0 Å². The highest BCUT2D eigenvalue weighted by Crippen LogP contribution is 2.23. The van der Waals surface area contributed by atoms with Gasteiger partial charge < -0.3 is 10.6 Å². The molecule has 0 aliphatic heterocycles. The lowest BCUT2D eigenvalue weighted by molar-refractivity contribution is 0.0953. The molecule has 3 rings (SSSR count). The maximum absolute atomic E-state index is 12.1. The van der Waals surface area contributed by atoms with Crippen molar-refractivity contribution in [3.8, 4) is 11.1 Å². The van der Waals surface area contributed by atoms with Crippen molar-refractivity contribution in [3.63, 3.8) is 0 Å². The summed E-state index contributed by atoms with van der Waals surface area (Å²) in [5.74, 6) is -0.00497. The minimum atomic E-state index is -0.00497. The normalized spacial score (nSPS) is 10.6. The second-order valence-corrected chi connectivity index (χ2v) is 7.08. The number of carbonyl (C=O) groups excluding carboxylic acids is 1. The van der Waals surface area contributed by atoms with E-state index >= 15 is 0 Å². The van der Waals surface area contributed by atoms with E-state index in [0.29, 0.717) is 12.1 Å². The van der Waals surface area contributed by atoms with Gasteiger partial charge in [0, 0.05) is 25.2 Å². The standard InChI is InChI=1S/C25H28N2O/c1-3-14-27-25(28)23-12-7-10-21(16-23)18-26-17-20-9-6-11-22(15-20)24-13-5-4-8-19(24)2/h4-13,15-16,26H,3,14,17-18H2,1-2H3,(H,27,28). The van der Waals surface area contributed by atoms with Crippen LogP contribution in [0.2, 0.25) is 0 Å². The average molecular weight is 373 g/mol. The van der Waals surface area contributed by atoms with Gasteiger partial charge in [-0.25, -0.2) is 0 Å². The fourth-order valence-corrected chi connectivity index (χ4v) is 3.26. The lowest BCUT2D eigenvalue weighted by Gasteiger charge is -2.10. The van der Waals surface area contributed by atoms with Gasteiger partial charge >= 0.3 is 0 Å². The van der Waals surface area contributed by atoms with E-state index in [2.05, 4.69) is 73.0 Å². The van der Waals surface area contributed by atoms with Crippen LogP contribution in [-0.4, -0.2) is 12.5 Å². The van der Waals surface area contributed by atoms with Crippen molar-refractivity contribution in [1.82, 2.24) is 10.6 Å². The second-order valence-electron chi connectivity index (χ2n) is 7.08. The molecule has 0 saturated carbocycles. The summed E-state index contributed by atoms with van der Waals surface area (Å²) in [5, 5.41) is 6.41. The molecule has 3 aromatic carbocycles. The minimum absolute atomic E-state index is 0.00497. The maximum atomic E-state index is 12.1. The van der Waals surface area contributed by atoms with Gasteiger partial charge in [-0.2, -0.15) is 0 Å². The number of aryl methyl sites for hydroxylation is 1. The molecule has 3 aromatic rings. The fourth-order valence-electron chi connectivity index (χ4n) is 3.26. The van der Waals surface area contributed by atoms with Gasteiger partial charge in [-0.3, -0.25) is 4.79 Å². The molecule has 0 fully saturated rings. The fraction of sp³-hybridized carbons (Fsp3) is 0.240. The van der Waals surface area contributed by atoms with Crippen molar-refractivity contribution in [1.29, 1.82) is 0 Å². The van der Waals surface area contributed by atoms with Gasteiger partial charge in [0.1, 0.15) is 0 Å². The Bertz CT molecular complexity index is 933. The van der Waals surface area contributed by atoms with Crippen molar-refractivity contribution in [2.45, 2.75) is 33.4 Å². The van der Waals surface area contributed by atoms with E-state index in [4.69, 9.17) is 0 Å². The number of benzene rings is 3. The summed E-state index contributed by atoms with van der Waals surface area (Å²) in [6, 6.07) is 24.9. The van der Waals surface area contributed by atoms with Crippen LogP contribution in [0.4, 0.5) is 0 Å². The van der Waals surface area contributed by atoms with E-state index in [1.54, 1.807) is 0 Å². The predicted molar refractivity (Wildman–Crippen MR) is 116 cm³/mol. The molecule has 28 heavy (non-hydrogen) atoms. The van der Waals surface area contributed by atoms with Crippen molar-refractivity contribution < 1.29 is 4.79 Å². The molecule has 0 bridgehead atoms. The third-order valence-corrected chi connectivity index (χ3v) is 4.77. The van der Waals surface area contributed by atoms with Crippen molar-refractivity contribution in [3.05, 3.63) is 95.1 Å². The Morgan fingerprint density at radius 3 is 2.32 bits per heavy atom. The molecule has 0 saturated heterocycles. The first kappa shape index (κ1) is 19.8. The van der Waals surface area contributed by atoms with Gasteiger partial charge in [-0.1, -0.05) is 61.5 Å². The van der Waals surface area contributed by atoms with E-state index in [1.165, 1.54) is 22.3 Å². The van der Waals surface area contributed by atoms with Crippen LogP contribution in [0.25, 0.3) is 11.1 Å². The van der Waals surface area contributed by atoms with Crippen LogP contribution in [0.5, 0.6) is 0 Å². The Labute approximate surface area is 167 Å². The van der Waals surface area contributed by atoms with E-state index in [-0.39, 0.29) is 5.91 Å². The molecule has 0 heterocycles. The molecule has 0 aromatic heterocycles. The lowest BCUT2D eigenvalue weighted by atomic mass is 9.99. The summed E-state index contributed by atoms with van der Waals surface area (Å²) in [6.07, 6.45) is 0.939. The molecule has 3 heteroatoms. The zero-order valence-electron chi connectivity index (χ0n) is 16.7. The zero-order chi connectivity index (χ0) is 19.8. The van der Waals surface area contributed by atoms with Crippen molar-refractivity contribution >= 4 is 5.91 Å². The topological polar surface area (TPSA) is 41.1 Å². The number of hydrogen-bond donors (Lipinski definition) is 2. The molecule has 0 radical (unpaired) electrons. The summed E-state index contributed by atoms with van der Waals surface area (Å²) in [6.45, 7) is 6.41. The van der Waals surface area contributed by atoms with Gasteiger partial charge in [0.05, 0.1) is 0 Å². The average Bonchev–Trinajstić information content (AvgIpc) is 2.73. The molecule has 0 aliphatic carbocycles. The number of carbonyl (C=O) groups is 1. The summed E-state index contributed by atoms with van der Waals surface area (Å²) >= 11 is 0. The van der Waals surface area contributed by atoms with Crippen molar-refractivity contribution in [2.75, 3.05) is 6.54 Å². The predicted octanol–water partition coefficient (Wildman–Crippen LogP) is 5.09. The molecular weight excluding hydrogens is 344 g/mol. The van der Waals surface area contributed by atoms with Crippen LogP contribution < -0.4 is 10.6 Å². The molecule has 2 N–H and O–H groups in total. The minimum Gasteiger partial charge on any atom is -0.352 e. The quantitative estimate of drug-likeness (QED) is 0.578. The third-order valence-electron chi connectivity index (χ3n) is 4.77. The molecule has 3 nitrogen and oxygen atoms in total. The van der Waals surface area contributed by atoms with Crippen LogP contribution in [0, 0.1) is 6.92 Å². The zero-order valence-corrected chi connectivity index (χ0v) is 16.7. The number of rotatable bonds is 8. The third kappa shape index (κ3) is 5.30. The van der Waals surface area contributed by atoms with Crippen LogP contribution in [0.1, 0.15) is 40.4 Å². The van der Waals surface area contributed by atoms with Crippen LogP contribution in [0.15, 0.2) is 72.8 Å². The van der Waals surface area contributed by atoms with Crippen LogP contribution in [0.3, 0.4) is 0 Å². The van der Waals surface area contributed by atoms with Gasteiger partial charge in [0.25, 0.3) is 5.91 Å². The van der Waals surface area contributed by atoms with Gasteiger partial charge in [-0.05, 0) is 59.4 Å². The highest BCUT2D eigenvalue weighted by Gasteiger charge is 2.06. The Morgan fingerprint density at radius 1 is 0.857 bits per heavy atom. The van der Waals surface area contributed by atoms with Gasteiger partial charge in [0.15, 0.2) is 0 Å². The molecule has 0 aliphatic rings. The first-order chi connectivity index (χ1) is 13.7. The monoisotopic (exact) mass is 372 g/mol. The SMILES string of the molecule is CCCNC(=O)c1cccc(CNCc2cccc(-c3ccccc3C)c2)c1. The molecule has 0 spiro atoms. The Hall–Kier alpha value is -2.91. The molecular formula is C25H28N2O. The van der Waals surface area contributed by atoms with Crippen molar-refractivity contribution in [2.24, 2.45) is 0 Å². The van der Waals surface area contributed by atoms with Gasteiger partial charge in [-0.15, -0.1) is 0 Å². The summed E-state index contributed by atoms with van der Waals surface area (Å²) in [4.78, 5) is 12.1. The Balaban J connectivity index is 1.61. The largest absolute Gasteiger partial charge is 0.352 e. The van der Waals surface area contributed by atoms with Crippen LogP contribution >= 0.6 is 0 Å². The molecule has 1 amide bonds. The summed E-state index contributed by atoms with van der Waals surface area (Å²) in [5.41, 5.74) is 6.87. The lowest BCUT2D eigenvalue weighted by Crippen LogP contribution is -2.24. The Morgan fingerprint density at radius 2 is 1.57 bits per heavy atom. The first-order valence-corrected chi connectivity index (χ1v) is 9.90. The van der Waals surface area contributed by atoms with E-state index in [9.17, 15) is 4.79 Å². The molecule has 0 unspecified atom stereocenters. The summed E-state index contributed by atoms with van der Waals surface area (Å²) < 4.78 is 0. The number of hydrogen-bond acceptors (Lipinski definition) is 2. The number of nitrogens with one attached hydrogen (secondary N) is 2. The highest BCUT2D eigenvalue weighted by atomic mass is 16.1. The Kier molecular flexibility index (Phi) is 6.99. The highest BCUT2D eigenvalue weighted by molar-refractivity contribution is 5.94. The molecule has 144 valence electrons.